The molecule has 1 aromatic carbocycles. The third-order valence-electron chi connectivity index (χ3n) is 5.63. The predicted molar refractivity (Wildman–Crippen MR) is 115 cm³/mol. The minimum absolute atomic E-state index is 0.596. The van der Waals surface area contributed by atoms with Crippen molar-refractivity contribution in [3.8, 4) is 17.2 Å². The molecule has 2 heterocycles. The van der Waals surface area contributed by atoms with Crippen molar-refractivity contribution in [1.29, 1.82) is 0 Å². The Balaban J connectivity index is 1.84. The molecule has 0 bridgehead atoms. The van der Waals surface area contributed by atoms with Gasteiger partial charge in [0.2, 0.25) is 5.75 Å². The molecule has 1 saturated heterocycles. The highest BCUT2D eigenvalue weighted by atomic mass is 16.5. The van der Waals surface area contributed by atoms with Crippen LogP contribution < -0.4 is 14.2 Å². The van der Waals surface area contributed by atoms with Gasteiger partial charge in [0, 0.05) is 38.1 Å². The minimum Gasteiger partial charge on any atom is -0.493 e. The van der Waals surface area contributed by atoms with E-state index in [0.29, 0.717) is 23.3 Å². The Morgan fingerprint density at radius 2 is 1.79 bits per heavy atom. The van der Waals surface area contributed by atoms with Crippen LogP contribution in [0.2, 0.25) is 0 Å². The Kier molecular flexibility index (Phi) is 7.72. The normalized spacial score (nSPS) is 16.9. The summed E-state index contributed by atoms with van der Waals surface area (Å²) in [5.41, 5.74) is 2.37. The molecule has 6 nitrogen and oxygen atoms in total. The number of benzene rings is 1. The summed E-state index contributed by atoms with van der Waals surface area (Å²) in [5, 5.41) is 0. The van der Waals surface area contributed by atoms with E-state index in [1.165, 1.54) is 24.9 Å². The number of aromatic nitrogens is 1. The van der Waals surface area contributed by atoms with E-state index in [0.717, 1.165) is 31.7 Å². The second kappa shape index (κ2) is 10.5. The van der Waals surface area contributed by atoms with Crippen LogP contribution in [0, 0.1) is 0 Å². The highest BCUT2D eigenvalue weighted by Crippen LogP contribution is 2.38. The summed E-state index contributed by atoms with van der Waals surface area (Å²) in [4.78, 5) is 9.38. The molecule has 0 N–H and O–H groups in total. The summed E-state index contributed by atoms with van der Waals surface area (Å²) in [7, 11) is 4.95. The van der Waals surface area contributed by atoms with Crippen LogP contribution in [0.15, 0.2) is 36.7 Å². The number of pyridine rings is 1. The van der Waals surface area contributed by atoms with Gasteiger partial charge in [0.1, 0.15) is 0 Å². The number of ether oxygens (including phenoxy) is 3. The maximum absolute atomic E-state index is 5.55. The lowest BCUT2D eigenvalue weighted by atomic mass is 10.1. The number of nitrogens with zero attached hydrogens (tertiary/aromatic N) is 3. The molecule has 158 valence electrons. The van der Waals surface area contributed by atoms with Crippen LogP contribution in [0.1, 0.15) is 30.9 Å². The van der Waals surface area contributed by atoms with E-state index in [4.69, 9.17) is 14.2 Å². The van der Waals surface area contributed by atoms with Crippen molar-refractivity contribution >= 4 is 0 Å². The molecule has 29 heavy (non-hydrogen) atoms. The smallest absolute Gasteiger partial charge is 0.203 e. The molecular weight excluding hydrogens is 366 g/mol. The first kappa shape index (κ1) is 21.4. The van der Waals surface area contributed by atoms with Gasteiger partial charge in [0.15, 0.2) is 11.5 Å². The fraction of sp³-hybridized carbons (Fsp3) is 0.522. The van der Waals surface area contributed by atoms with Crippen molar-refractivity contribution in [1.82, 2.24) is 14.8 Å². The zero-order valence-electron chi connectivity index (χ0n) is 18.1. The number of likely N-dealkylation sites (N-methyl/N-ethyl adjacent to an activating group) is 1. The zero-order chi connectivity index (χ0) is 20.6. The van der Waals surface area contributed by atoms with Crippen molar-refractivity contribution in [3.63, 3.8) is 0 Å². The van der Waals surface area contributed by atoms with Gasteiger partial charge < -0.3 is 14.2 Å². The van der Waals surface area contributed by atoms with Crippen molar-refractivity contribution in [3.05, 3.63) is 47.8 Å². The van der Waals surface area contributed by atoms with Crippen molar-refractivity contribution in [2.45, 2.75) is 38.9 Å². The highest BCUT2D eigenvalue weighted by molar-refractivity contribution is 5.53. The maximum atomic E-state index is 5.55. The summed E-state index contributed by atoms with van der Waals surface area (Å²) in [6.07, 6.45) is 6.31. The Morgan fingerprint density at radius 1 is 1.07 bits per heavy atom. The van der Waals surface area contributed by atoms with Crippen LogP contribution in [0.5, 0.6) is 17.2 Å². The number of hydrogen-bond donors (Lipinski definition) is 0. The van der Waals surface area contributed by atoms with Crippen LogP contribution in [-0.2, 0) is 13.1 Å². The third kappa shape index (κ3) is 5.40. The number of hydrogen-bond acceptors (Lipinski definition) is 6. The van der Waals surface area contributed by atoms with Crippen molar-refractivity contribution in [2.24, 2.45) is 0 Å². The summed E-state index contributed by atoms with van der Waals surface area (Å²) in [5.74, 6) is 2.02. The molecule has 0 amide bonds. The van der Waals surface area contributed by atoms with Crippen LogP contribution in [0.4, 0.5) is 0 Å². The molecule has 1 atom stereocenters. The third-order valence-corrected chi connectivity index (χ3v) is 5.63. The maximum Gasteiger partial charge on any atom is 0.203 e. The Bertz CT molecular complexity index is 744. The quantitative estimate of drug-likeness (QED) is 0.608. The molecule has 1 aromatic heterocycles. The van der Waals surface area contributed by atoms with Crippen LogP contribution >= 0.6 is 0 Å². The number of rotatable bonds is 10. The first-order chi connectivity index (χ1) is 14.2. The second-order valence-electron chi connectivity index (χ2n) is 7.49. The molecule has 0 saturated carbocycles. The highest BCUT2D eigenvalue weighted by Gasteiger charge is 2.25. The van der Waals surface area contributed by atoms with E-state index in [1.807, 2.05) is 30.6 Å². The van der Waals surface area contributed by atoms with Gasteiger partial charge in [-0.2, -0.15) is 0 Å². The number of methoxy groups -OCH3 is 3. The molecule has 0 aliphatic carbocycles. The van der Waals surface area contributed by atoms with Gasteiger partial charge in [0.05, 0.1) is 21.3 Å². The summed E-state index contributed by atoms with van der Waals surface area (Å²) >= 11 is 0. The molecule has 6 heteroatoms. The van der Waals surface area contributed by atoms with Crippen LogP contribution in [0.25, 0.3) is 0 Å². The van der Waals surface area contributed by atoms with Crippen molar-refractivity contribution < 1.29 is 14.2 Å². The molecule has 1 aliphatic rings. The van der Waals surface area contributed by atoms with E-state index >= 15 is 0 Å². The van der Waals surface area contributed by atoms with Gasteiger partial charge in [-0.1, -0.05) is 13.0 Å². The lowest BCUT2D eigenvalue weighted by molar-refractivity contribution is 0.165. The number of likely N-dealkylation sites (tertiary alicyclic amines) is 1. The van der Waals surface area contributed by atoms with Crippen LogP contribution in [-0.4, -0.2) is 61.8 Å². The predicted octanol–water partition coefficient (Wildman–Crippen LogP) is 3.59. The van der Waals surface area contributed by atoms with Gasteiger partial charge in [-0.15, -0.1) is 0 Å². The molecule has 3 rings (SSSR count). The average molecular weight is 400 g/mol. The van der Waals surface area contributed by atoms with E-state index < -0.39 is 0 Å². The SMILES string of the molecule is CCN1CCCC1CN(Cc1cccnc1)Cc1cc(OC)c(OC)c(OC)c1. The van der Waals surface area contributed by atoms with Gasteiger partial charge in [-0.05, 0) is 55.3 Å². The van der Waals surface area contributed by atoms with Gasteiger partial charge in [0.25, 0.3) is 0 Å². The fourth-order valence-electron chi connectivity index (χ4n) is 4.24. The molecular formula is C23H33N3O3. The Labute approximate surface area is 174 Å². The molecule has 1 aliphatic heterocycles. The van der Waals surface area contributed by atoms with Gasteiger partial charge >= 0.3 is 0 Å². The summed E-state index contributed by atoms with van der Waals surface area (Å²) in [6, 6.07) is 8.83. The Hall–Kier alpha value is -2.31. The molecule has 0 spiro atoms. The van der Waals surface area contributed by atoms with Crippen LogP contribution in [0.3, 0.4) is 0 Å². The van der Waals surface area contributed by atoms with Gasteiger partial charge in [-0.3, -0.25) is 14.8 Å². The molecule has 1 fully saturated rings. The van der Waals surface area contributed by atoms with E-state index in [1.54, 1.807) is 21.3 Å². The topological polar surface area (TPSA) is 47.1 Å². The summed E-state index contributed by atoms with van der Waals surface area (Å²) in [6.45, 7) is 7.25. The lowest BCUT2D eigenvalue weighted by Crippen LogP contribution is -2.39. The lowest BCUT2D eigenvalue weighted by Gasteiger charge is -2.30. The van der Waals surface area contributed by atoms with Crippen molar-refractivity contribution in [2.75, 3.05) is 41.0 Å². The second-order valence-corrected chi connectivity index (χ2v) is 7.49. The molecule has 1 unspecified atom stereocenters. The van der Waals surface area contributed by atoms with E-state index in [9.17, 15) is 0 Å². The first-order valence-corrected chi connectivity index (χ1v) is 10.3. The van der Waals surface area contributed by atoms with E-state index in [-0.39, 0.29) is 0 Å². The molecule has 2 aromatic rings. The summed E-state index contributed by atoms with van der Waals surface area (Å²) < 4.78 is 16.6. The fourth-order valence-corrected chi connectivity index (χ4v) is 4.24. The largest absolute Gasteiger partial charge is 0.493 e. The minimum atomic E-state index is 0.596. The molecule has 0 radical (unpaired) electrons. The average Bonchev–Trinajstić information content (AvgIpc) is 3.20. The zero-order valence-corrected chi connectivity index (χ0v) is 18.1. The van der Waals surface area contributed by atoms with E-state index in [2.05, 4.69) is 27.8 Å². The monoisotopic (exact) mass is 399 g/mol. The standard InChI is InChI=1S/C23H33N3O3/c1-5-26-11-7-9-20(26)17-25(15-18-8-6-10-24-14-18)16-19-12-21(27-2)23(29-4)22(13-19)28-3/h6,8,10,12-14,20H,5,7,9,11,15-17H2,1-4H3. The first-order valence-electron chi connectivity index (χ1n) is 10.3. The van der Waals surface area contributed by atoms with Gasteiger partial charge in [-0.25, -0.2) is 0 Å². The Morgan fingerprint density at radius 3 is 2.38 bits per heavy atom.